The number of likely N-dealkylation sites (N-methyl/N-ethyl adjacent to an activating group) is 1. The highest BCUT2D eigenvalue weighted by atomic mass is 32.2. The van der Waals surface area contributed by atoms with Crippen LogP contribution in [0.5, 0.6) is 0 Å². The topological polar surface area (TPSA) is 73.8 Å². The maximum atomic E-state index is 14.2. The number of piperazine rings is 1. The minimum Gasteiger partial charge on any atom is -0.377 e. The zero-order chi connectivity index (χ0) is 30.5. The third-order valence-electron chi connectivity index (χ3n) is 8.57. The Balaban J connectivity index is 1.30. The van der Waals surface area contributed by atoms with E-state index in [2.05, 4.69) is 52.0 Å². The molecule has 2 unspecified atom stereocenters. The first-order valence-electron chi connectivity index (χ1n) is 14.5. The first-order valence-corrected chi connectivity index (χ1v) is 16.3. The van der Waals surface area contributed by atoms with E-state index in [-0.39, 0.29) is 23.6 Å². The van der Waals surface area contributed by atoms with Gasteiger partial charge in [-0.3, -0.25) is 9.69 Å². The first kappa shape index (κ1) is 30.2. The molecule has 43 heavy (non-hydrogen) atoms. The average Bonchev–Trinajstić information content (AvgIpc) is 3.31. The van der Waals surface area contributed by atoms with Crippen LogP contribution < -0.4 is 10.2 Å². The second-order valence-electron chi connectivity index (χ2n) is 11.4. The van der Waals surface area contributed by atoms with Crippen molar-refractivity contribution < 1.29 is 22.7 Å². The van der Waals surface area contributed by atoms with E-state index in [4.69, 9.17) is 4.74 Å². The minimum atomic E-state index is -4.66. The summed E-state index contributed by atoms with van der Waals surface area (Å²) in [6.07, 6.45) is -3.10. The zero-order valence-electron chi connectivity index (χ0n) is 24.6. The van der Waals surface area contributed by atoms with Crippen LogP contribution in [0.4, 0.5) is 30.5 Å². The molecule has 5 heterocycles. The molecule has 2 fully saturated rings. The van der Waals surface area contributed by atoms with Crippen molar-refractivity contribution in [3.05, 3.63) is 46.5 Å². The molecule has 3 aliphatic rings. The fourth-order valence-corrected chi connectivity index (χ4v) is 8.07. The van der Waals surface area contributed by atoms with Crippen molar-refractivity contribution in [1.82, 2.24) is 19.8 Å². The molecule has 6 rings (SSSR count). The largest absolute Gasteiger partial charge is 0.420 e. The van der Waals surface area contributed by atoms with Crippen molar-refractivity contribution in [2.24, 2.45) is 0 Å². The zero-order valence-corrected chi connectivity index (χ0v) is 26.2. The van der Waals surface area contributed by atoms with Crippen LogP contribution in [0.2, 0.25) is 0 Å². The van der Waals surface area contributed by atoms with Gasteiger partial charge < -0.3 is 19.9 Å². The molecule has 1 amide bonds. The van der Waals surface area contributed by atoms with Gasteiger partial charge in [0.2, 0.25) is 5.95 Å². The quantitative estimate of drug-likeness (QED) is 0.355. The van der Waals surface area contributed by atoms with E-state index in [0.717, 1.165) is 54.0 Å². The average molecular weight is 633 g/mol. The summed E-state index contributed by atoms with van der Waals surface area (Å²) in [5.41, 5.74) is 1.73. The Bertz CT molecular complexity index is 1500. The lowest BCUT2D eigenvalue weighted by Crippen LogP contribution is -2.55. The van der Waals surface area contributed by atoms with E-state index >= 15 is 0 Å². The van der Waals surface area contributed by atoms with Crippen molar-refractivity contribution >= 4 is 46.3 Å². The number of anilines is 3. The Morgan fingerprint density at radius 2 is 1.88 bits per heavy atom. The van der Waals surface area contributed by atoms with E-state index in [9.17, 15) is 18.0 Å². The molecule has 0 bridgehead atoms. The number of aryl methyl sites for hydroxylation is 1. The number of aromatic nitrogens is 2. The summed E-state index contributed by atoms with van der Waals surface area (Å²) >= 11 is 2.54. The van der Waals surface area contributed by atoms with Crippen molar-refractivity contribution in [3.63, 3.8) is 0 Å². The van der Waals surface area contributed by atoms with Crippen LogP contribution in [-0.4, -0.2) is 89.4 Å². The van der Waals surface area contributed by atoms with E-state index < -0.39 is 11.7 Å². The summed E-state index contributed by atoms with van der Waals surface area (Å²) in [6, 6.07) is 8.63. The van der Waals surface area contributed by atoms with Crippen LogP contribution in [-0.2, 0) is 17.3 Å². The summed E-state index contributed by atoms with van der Waals surface area (Å²) in [6.45, 7) is 9.87. The lowest BCUT2D eigenvalue weighted by atomic mass is 10.1. The van der Waals surface area contributed by atoms with Crippen LogP contribution in [0.15, 0.2) is 35.4 Å². The van der Waals surface area contributed by atoms with Crippen LogP contribution in [0.25, 0.3) is 10.6 Å². The molecule has 3 aliphatic heterocycles. The smallest absolute Gasteiger partial charge is 0.377 e. The van der Waals surface area contributed by atoms with Gasteiger partial charge in [0.1, 0.15) is 10.4 Å². The predicted molar refractivity (Wildman–Crippen MR) is 165 cm³/mol. The highest BCUT2D eigenvalue weighted by Gasteiger charge is 2.38. The van der Waals surface area contributed by atoms with Gasteiger partial charge in [-0.1, -0.05) is 6.92 Å². The second kappa shape index (κ2) is 11.9. The van der Waals surface area contributed by atoms with Crippen molar-refractivity contribution in [2.45, 2.75) is 56.4 Å². The third kappa shape index (κ3) is 5.96. The number of nitrogens with zero attached hydrogens (tertiary/aromatic N) is 5. The van der Waals surface area contributed by atoms with Crippen LogP contribution in [0.3, 0.4) is 0 Å². The van der Waals surface area contributed by atoms with Gasteiger partial charge in [-0.2, -0.15) is 13.2 Å². The van der Waals surface area contributed by atoms with Gasteiger partial charge in [0.15, 0.2) is 0 Å². The molecule has 0 aliphatic carbocycles. The van der Waals surface area contributed by atoms with Crippen molar-refractivity contribution in [2.75, 3.05) is 55.9 Å². The third-order valence-corrected chi connectivity index (χ3v) is 10.9. The Kier molecular flexibility index (Phi) is 8.35. The van der Waals surface area contributed by atoms with Gasteiger partial charge in [-0.25, -0.2) is 9.97 Å². The van der Waals surface area contributed by atoms with Gasteiger partial charge >= 0.3 is 6.18 Å². The molecule has 0 radical (unpaired) electrons. The van der Waals surface area contributed by atoms with Crippen LogP contribution >= 0.6 is 23.1 Å². The maximum Gasteiger partial charge on any atom is 0.420 e. The highest BCUT2D eigenvalue weighted by Crippen LogP contribution is 2.44. The number of thioether (sulfide) groups is 1. The number of rotatable bonds is 6. The monoisotopic (exact) mass is 632 g/mol. The Morgan fingerprint density at radius 1 is 1.14 bits per heavy atom. The molecule has 2 saturated heterocycles. The van der Waals surface area contributed by atoms with Crippen LogP contribution in [0, 0.1) is 0 Å². The summed E-state index contributed by atoms with van der Waals surface area (Å²) in [5, 5.41) is 3.18. The second-order valence-corrected chi connectivity index (χ2v) is 13.6. The number of fused-ring (bicyclic) bond motifs is 1. The molecule has 8 nitrogen and oxygen atoms in total. The minimum absolute atomic E-state index is 0.00684. The number of carbonyl (C=O) groups is 1. The van der Waals surface area contributed by atoms with E-state index in [0.29, 0.717) is 52.2 Å². The standard InChI is InChI=1S/C30H35F3N6O2S2/c1-5-19-10-20(38-13-17(2)37(4)18(3)14-38)6-7-23(19)35-29-34-12-22(30(31,32)33)26(36-29)24-11-25-27(43-24)28(40)39(8-9-42-25)21-15-41-16-21/h6-7,10-12,17-18,21H,5,8-9,13-16H2,1-4H3,(H,34,35,36). The molecule has 2 atom stereocenters. The van der Waals surface area contributed by atoms with E-state index in [1.807, 2.05) is 19.1 Å². The number of halogens is 3. The number of alkyl halides is 3. The molecule has 3 aromatic rings. The number of benzene rings is 1. The molecular weight excluding hydrogens is 597 g/mol. The SMILES string of the molecule is CCc1cc(N2CC(C)N(C)C(C)C2)ccc1Nc1ncc(C(F)(F)F)c(-c2cc3c(s2)C(=O)N(C2COC2)CCS3)n1. The summed E-state index contributed by atoms with van der Waals surface area (Å²) in [4.78, 5) is 29.8. The van der Waals surface area contributed by atoms with E-state index in [1.54, 1.807) is 11.0 Å². The molecule has 2 aromatic heterocycles. The molecular formula is C30H35F3N6O2S2. The van der Waals surface area contributed by atoms with Crippen LogP contribution in [0.1, 0.15) is 41.6 Å². The molecule has 0 spiro atoms. The van der Waals surface area contributed by atoms with Crippen molar-refractivity contribution in [3.8, 4) is 10.6 Å². The maximum absolute atomic E-state index is 14.2. The summed E-state index contributed by atoms with van der Waals surface area (Å²) in [5.74, 6) is 0.570. The Hall–Kier alpha value is -2.87. The number of ether oxygens (including phenoxy) is 1. The number of amides is 1. The predicted octanol–water partition coefficient (Wildman–Crippen LogP) is 6.01. The Morgan fingerprint density at radius 3 is 2.53 bits per heavy atom. The molecule has 0 saturated carbocycles. The van der Waals surface area contributed by atoms with E-state index in [1.165, 1.54) is 11.8 Å². The molecule has 13 heteroatoms. The molecule has 1 N–H and O–H groups in total. The van der Waals surface area contributed by atoms with Gasteiger partial charge in [0.25, 0.3) is 5.91 Å². The first-order chi connectivity index (χ1) is 20.5. The molecule has 230 valence electrons. The fraction of sp³-hybridized carbons (Fsp3) is 0.500. The van der Waals surface area contributed by atoms with Gasteiger partial charge in [0.05, 0.1) is 29.8 Å². The highest BCUT2D eigenvalue weighted by molar-refractivity contribution is 7.99. The van der Waals surface area contributed by atoms with Gasteiger partial charge in [-0.05, 0) is 57.1 Å². The number of hydrogen-bond donors (Lipinski definition) is 1. The van der Waals surface area contributed by atoms with Gasteiger partial charge in [-0.15, -0.1) is 23.1 Å². The lowest BCUT2D eigenvalue weighted by Gasteiger charge is -2.43. The lowest BCUT2D eigenvalue weighted by molar-refractivity contribution is -0.137. The number of thiophene rings is 1. The number of nitrogens with one attached hydrogen (secondary N) is 1. The van der Waals surface area contributed by atoms with Gasteiger partial charge in [0, 0.05) is 59.9 Å². The normalized spacial score (nSPS) is 21.9. The number of hydrogen-bond acceptors (Lipinski definition) is 9. The number of carbonyl (C=O) groups excluding carboxylic acids is 1. The Labute approximate surface area is 257 Å². The summed E-state index contributed by atoms with van der Waals surface area (Å²) < 4.78 is 47.8. The molecule has 1 aromatic carbocycles. The van der Waals surface area contributed by atoms with Crippen molar-refractivity contribution in [1.29, 1.82) is 0 Å². The fourth-order valence-electron chi connectivity index (χ4n) is 5.75. The summed E-state index contributed by atoms with van der Waals surface area (Å²) in [7, 11) is 2.15.